The molecule has 3 rings (SSSR count). The summed E-state index contributed by atoms with van der Waals surface area (Å²) in [5, 5.41) is 0. The van der Waals surface area contributed by atoms with Crippen LogP contribution in [0.3, 0.4) is 0 Å². The second-order valence-electron chi connectivity index (χ2n) is 6.57. The number of methoxy groups -OCH3 is 3. The fraction of sp³-hybridized carbons (Fsp3) is 0.217. The molecular formula is C23H19F7O4. The Kier molecular flexibility index (Phi) is 8.99. The molecule has 184 valence electrons. The lowest BCUT2D eigenvalue weighted by atomic mass is 10.0. The SMILES string of the molecule is COc1cc(OC)c(-c2ccc(CF)cc2)c(OC)c1.FOc1cc(F)c(C(F)(F)F)c(F)c1. The van der Waals surface area contributed by atoms with Crippen molar-refractivity contribution < 1.29 is 50.0 Å². The summed E-state index contributed by atoms with van der Waals surface area (Å²) >= 11 is 0. The van der Waals surface area contributed by atoms with Gasteiger partial charge in [0.05, 0.1) is 26.9 Å². The van der Waals surface area contributed by atoms with Crippen LogP contribution in [-0.4, -0.2) is 21.3 Å². The van der Waals surface area contributed by atoms with Gasteiger partial charge in [-0.05, 0) is 11.1 Å². The average Bonchev–Trinajstić information content (AvgIpc) is 2.82. The van der Waals surface area contributed by atoms with E-state index in [0.29, 0.717) is 22.8 Å². The molecule has 0 atom stereocenters. The second kappa shape index (κ2) is 11.5. The van der Waals surface area contributed by atoms with Crippen molar-refractivity contribution in [1.29, 1.82) is 0 Å². The van der Waals surface area contributed by atoms with E-state index in [1.54, 1.807) is 45.6 Å². The van der Waals surface area contributed by atoms with Crippen LogP contribution in [-0.2, 0) is 12.9 Å². The number of rotatable bonds is 6. The van der Waals surface area contributed by atoms with Crippen LogP contribution < -0.4 is 19.2 Å². The van der Waals surface area contributed by atoms with Crippen molar-refractivity contribution in [1.82, 2.24) is 0 Å². The zero-order chi connectivity index (χ0) is 25.5. The number of benzene rings is 3. The van der Waals surface area contributed by atoms with Crippen LogP contribution >= 0.6 is 0 Å². The summed E-state index contributed by atoms with van der Waals surface area (Å²) in [7, 11) is 4.77. The molecule has 3 aromatic carbocycles. The van der Waals surface area contributed by atoms with Crippen molar-refractivity contribution in [3.8, 4) is 34.1 Å². The van der Waals surface area contributed by atoms with Gasteiger partial charge < -0.3 is 14.2 Å². The van der Waals surface area contributed by atoms with Crippen LogP contribution in [0, 0.1) is 11.6 Å². The van der Waals surface area contributed by atoms with E-state index in [-0.39, 0.29) is 12.1 Å². The first-order valence-electron chi connectivity index (χ1n) is 9.39. The molecule has 0 spiro atoms. The van der Waals surface area contributed by atoms with Gasteiger partial charge in [0.15, 0.2) is 5.75 Å². The highest BCUT2D eigenvalue weighted by atomic mass is 19.4. The first kappa shape index (κ1) is 26.6. The molecule has 3 aromatic rings. The Balaban J connectivity index is 0.000000257. The maximum atomic E-state index is 12.6. The van der Waals surface area contributed by atoms with Gasteiger partial charge in [-0.2, -0.15) is 13.2 Å². The highest BCUT2D eigenvalue weighted by Crippen LogP contribution is 2.41. The fourth-order valence-electron chi connectivity index (χ4n) is 2.92. The number of halogens is 7. The van der Waals surface area contributed by atoms with E-state index in [0.717, 1.165) is 11.1 Å². The number of alkyl halides is 4. The summed E-state index contributed by atoms with van der Waals surface area (Å²) in [6.45, 7) is -0.475. The number of ether oxygens (including phenoxy) is 3. The zero-order valence-electron chi connectivity index (χ0n) is 18.1. The van der Waals surface area contributed by atoms with Crippen LogP contribution in [0.4, 0.5) is 30.9 Å². The topological polar surface area (TPSA) is 36.9 Å². The number of hydrogen-bond donors (Lipinski definition) is 0. The van der Waals surface area contributed by atoms with Crippen molar-refractivity contribution in [2.75, 3.05) is 21.3 Å². The van der Waals surface area contributed by atoms with Gasteiger partial charge in [-0.15, -0.1) is 0 Å². The quantitative estimate of drug-likeness (QED) is 0.344. The van der Waals surface area contributed by atoms with Crippen LogP contribution in [0.25, 0.3) is 11.1 Å². The van der Waals surface area contributed by atoms with Crippen LogP contribution in [0.15, 0.2) is 48.5 Å². The largest absolute Gasteiger partial charge is 0.496 e. The van der Waals surface area contributed by atoms with E-state index >= 15 is 0 Å². The minimum atomic E-state index is -5.16. The van der Waals surface area contributed by atoms with Gasteiger partial charge in [0.1, 0.15) is 41.1 Å². The molecule has 0 saturated heterocycles. The van der Waals surface area contributed by atoms with Gasteiger partial charge >= 0.3 is 6.18 Å². The maximum Gasteiger partial charge on any atom is 0.422 e. The maximum absolute atomic E-state index is 12.6. The molecule has 0 amide bonds. The minimum absolute atomic E-state index is 0.103. The molecule has 0 unspecified atom stereocenters. The molecule has 0 aromatic heterocycles. The Bertz CT molecular complexity index is 1050. The van der Waals surface area contributed by atoms with E-state index in [9.17, 15) is 30.9 Å². The summed E-state index contributed by atoms with van der Waals surface area (Å²) in [5.41, 5.74) is 0.290. The molecule has 34 heavy (non-hydrogen) atoms. The van der Waals surface area contributed by atoms with Gasteiger partial charge in [0.2, 0.25) is 0 Å². The second-order valence-corrected chi connectivity index (χ2v) is 6.57. The van der Waals surface area contributed by atoms with E-state index < -0.39 is 35.8 Å². The Morgan fingerprint density at radius 2 is 1.24 bits per heavy atom. The molecule has 4 nitrogen and oxygen atoms in total. The van der Waals surface area contributed by atoms with Gasteiger partial charge in [-0.1, -0.05) is 24.3 Å². The molecule has 0 bridgehead atoms. The Morgan fingerprint density at radius 1 is 0.735 bits per heavy atom. The predicted molar refractivity (Wildman–Crippen MR) is 109 cm³/mol. The summed E-state index contributed by atoms with van der Waals surface area (Å²) in [4.78, 5) is 2.90. The third-order valence-corrected chi connectivity index (χ3v) is 4.50. The van der Waals surface area contributed by atoms with Crippen LogP contribution in [0.2, 0.25) is 0 Å². The van der Waals surface area contributed by atoms with Crippen molar-refractivity contribution in [2.45, 2.75) is 12.9 Å². The van der Waals surface area contributed by atoms with Crippen molar-refractivity contribution in [3.63, 3.8) is 0 Å². The summed E-state index contributed by atoms with van der Waals surface area (Å²) in [5.74, 6) is -2.87. The van der Waals surface area contributed by atoms with E-state index in [4.69, 9.17) is 14.2 Å². The van der Waals surface area contributed by atoms with Crippen molar-refractivity contribution in [2.24, 2.45) is 0 Å². The van der Waals surface area contributed by atoms with Crippen molar-refractivity contribution in [3.05, 3.63) is 71.3 Å². The minimum Gasteiger partial charge on any atom is -0.496 e. The molecule has 0 saturated carbocycles. The molecule has 0 aliphatic heterocycles. The van der Waals surface area contributed by atoms with E-state index in [2.05, 4.69) is 4.94 Å². The molecule has 0 N–H and O–H groups in total. The fourth-order valence-corrected chi connectivity index (χ4v) is 2.92. The third-order valence-electron chi connectivity index (χ3n) is 4.50. The lowest BCUT2D eigenvalue weighted by molar-refractivity contribution is -0.142. The summed E-state index contributed by atoms with van der Waals surface area (Å²) in [6, 6.07) is 11.0. The molecule has 0 fully saturated rings. The van der Waals surface area contributed by atoms with Gasteiger partial charge in [0.25, 0.3) is 0 Å². The first-order valence-corrected chi connectivity index (χ1v) is 9.39. The Labute approximate surface area is 190 Å². The average molecular weight is 492 g/mol. The normalized spacial score (nSPS) is 10.8. The highest BCUT2D eigenvalue weighted by molar-refractivity contribution is 5.78. The molecule has 0 aliphatic carbocycles. The molecule has 11 heteroatoms. The Hall–Kier alpha value is -3.63. The molecular weight excluding hydrogens is 473 g/mol. The lowest BCUT2D eigenvalue weighted by Gasteiger charge is -2.15. The monoisotopic (exact) mass is 492 g/mol. The number of hydrogen-bond acceptors (Lipinski definition) is 4. The molecule has 0 aliphatic rings. The first-order chi connectivity index (χ1) is 16.1. The standard InChI is InChI=1S/C16H17FO3.C7H2F6O/c1-18-13-8-14(19-2)16(15(9-13)20-3)12-6-4-11(10-17)5-7-12;8-4-1-3(14-13)2-5(9)6(4)7(10,11)12/h4-9H,10H2,1-3H3;1-2H. The van der Waals surface area contributed by atoms with E-state index in [1.165, 1.54) is 0 Å². The van der Waals surface area contributed by atoms with Crippen LogP contribution in [0.1, 0.15) is 11.1 Å². The predicted octanol–water partition coefficient (Wildman–Crippen LogP) is 7.10. The highest BCUT2D eigenvalue weighted by Gasteiger charge is 2.38. The van der Waals surface area contributed by atoms with Crippen LogP contribution in [0.5, 0.6) is 23.0 Å². The van der Waals surface area contributed by atoms with Gasteiger partial charge in [0, 0.05) is 28.8 Å². The lowest BCUT2D eigenvalue weighted by Crippen LogP contribution is -2.11. The van der Waals surface area contributed by atoms with Crippen molar-refractivity contribution >= 4 is 0 Å². The zero-order valence-corrected chi connectivity index (χ0v) is 18.1. The summed E-state index contributed by atoms with van der Waals surface area (Å²) < 4.78 is 101. The van der Waals surface area contributed by atoms with Gasteiger partial charge in [-0.25, -0.2) is 13.2 Å². The Morgan fingerprint density at radius 3 is 1.59 bits per heavy atom. The molecule has 0 radical (unpaired) electrons. The molecule has 0 heterocycles. The smallest absolute Gasteiger partial charge is 0.422 e. The third kappa shape index (κ3) is 6.24. The van der Waals surface area contributed by atoms with E-state index in [1.807, 2.05) is 12.1 Å². The van der Waals surface area contributed by atoms with Gasteiger partial charge in [-0.3, -0.25) is 4.94 Å². The summed E-state index contributed by atoms with van der Waals surface area (Å²) in [6.07, 6.45) is -5.16.